The molecule has 0 N–H and O–H groups in total. The highest BCUT2D eigenvalue weighted by Gasteiger charge is 2.16. The van der Waals surface area contributed by atoms with Gasteiger partial charge in [0.05, 0.1) is 13.3 Å². The maximum Gasteiger partial charge on any atom is 0.356 e. The first kappa shape index (κ1) is 15.3. The molecular weight excluding hydrogens is 264 g/mol. The van der Waals surface area contributed by atoms with Crippen molar-refractivity contribution in [1.29, 1.82) is 0 Å². The second kappa shape index (κ2) is 5.72. The van der Waals surface area contributed by atoms with Crippen LogP contribution in [0.1, 0.15) is 48.2 Å². The van der Waals surface area contributed by atoms with Gasteiger partial charge in [0, 0.05) is 6.54 Å². The van der Waals surface area contributed by atoms with Crippen molar-refractivity contribution in [3.63, 3.8) is 0 Å². The van der Waals surface area contributed by atoms with E-state index in [1.54, 1.807) is 6.20 Å². The third kappa shape index (κ3) is 3.32. The molecule has 1 aromatic heterocycles. The normalized spacial score (nSPS) is 11.5. The van der Waals surface area contributed by atoms with E-state index in [-0.39, 0.29) is 11.4 Å². The monoisotopic (exact) mass is 286 g/mol. The summed E-state index contributed by atoms with van der Waals surface area (Å²) < 4.78 is 6.66. The average molecular weight is 286 g/mol. The predicted octanol–water partition coefficient (Wildman–Crippen LogP) is 3.32. The number of carbonyl (C=O) groups excluding carboxylic acids is 1. The fraction of sp³-hybridized carbons (Fsp3) is 0.412. The van der Waals surface area contributed by atoms with Gasteiger partial charge in [-0.15, -0.1) is 0 Å². The first-order valence-electron chi connectivity index (χ1n) is 7.03. The van der Waals surface area contributed by atoms with Gasteiger partial charge in [-0.3, -0.25) is 0 Å². The summed E-state index contributed by atoms with van der Waals surface area (Å²) in [7, 11) is 1.38. The molecule has 2 aromatic rings. The number of esters is 1. The molecule has 21 heavy (non-hydrogen) atoms. The second-order valence-electron chi connectivity index (χ2n) is 6.22. The van der Waals surface area contributed by atoms with Gasteiger partial charge in [0.2, 0.25) is 0 Å². The number of methoxy groups -OCH3 is 1. The minimum atomic E-state index is -0.359. The lowest BCUT2D eigenvalue weighted by molar-refractivity contribution is 0.0588. The fourth-order valence-electron chi connectivity index (χ4n) is 2.23. The molecule has 1 heterocycles. The van der Waals surface area contributed by atoms with Crippen LogP contribution in [-0.4, -0.2) is 22.6 Å². The maximum absolute atomic E-state index is 11.7. The molecule has 0 unspecified atom stereocenters. The lowest BCUT2D eigenvalue weighted by atomic mass is 9.87. The summed E-state index contributed by atoms with van der Waals surface area (Å²) >= 11 is 0. The van der Waals surface area contributed by atoms with Crippen LogP contribution in [0.25, 0.3) is 0 Å². The van der Waals surface area contributed by atoms with Crippen molar-refractivity contribution in [3.05, 3.63) is 53.1 Å². The van der Waals surface area contributed by atoms with E-state index in [0.29, 0.717) is 12.2 Å². The van der Waals surface area contributed by atoms with Crippen LogP contribution in [0.5, 0.6) is 0 Å². The molecule has 4 heteroatoms. The van der Waals surface area contributed by atoms with Gasteiger partial charge in [0.15, 0.2) is 0 Å². The van der Waals surface area contributed by atoms with Crippen LogP contribution >= 0.6 is 0 Å². The smallest absolute Gasteiger partial charge is 0.356 e. The van der Waals surface area contributed by atoms with Gasteiger partial charge in [0.1, 0.15) is 11.5 Å². The van der Waals surface area contributed by atoms with Crippen molar-refractivity contribution in [3.8, 4) is 0 Å². The van der Waals surface area contributed by atoms with Crippen LogP contribution in [0, 0.1) is 6.92 Å². The quantitative estimate of drug-likeness (QED) is 0.813. The zero-order chi connectivity index (χ0) is 15.6. The van der Waals surface area contributed by atoms with E-state index in [1.807, 2.05) is 11.5 Å². The Bertz CT molecular complexity index is 634. The van der Waals surface area contributed by atoms with Crippen LogP contribution < -0.4 is 0 Å². The number of rotatable bonds is 3. The number of nitrogens with zero attached hydrogens (tertiary/aromatic N) is 2. The minimum Gasteiger partial charge on any atom is -0.464 e. The van der Waals surface area contributed by atoms with Gasteiger partial charge in [0.25, 0.3) is 0 Å². The molecule has 0 atom stereocenters. The van der Waals surface area contributed by atoms with E-state index in [4.69, 9.17) is 4.74 Å². The number of benzene rings is 1. The van der Waals surface area contributed by atoms with E-state index in [9.17, 15) is 4.79 Å². The molecule has 0 saturated heterocycles. The Hall–Kier alpha value is -2.10. The molecule has 0 fully saturated rings. The lowest BCUT2D eigenvalue weighted by Crippen LogP contribution is -2.13. The summed E-state index contributed by atoms with van der Waals surface area (Å²) in [6.45, 7) is 9.07. The molecule has 0 aliphatic heterocycles. The van der Waals surface area contributed by atoms with E-state index < -0.39 is 0 Å². The van der Waals surface area contributed by atoms with Crippen molar-refractivity contribution in [2.45, 2.75) is 39.7 Å². The molecule has 0 bridgehead atoms. The highest BCUT2D eigenvalue weighted by molar-refractivity contribution is 5.87. The summed E-state index contributed by atoms with van der Waals surface area (Å²) in [5.41, 5.74) is 3.05. The van der Waals surface area contributed by atoms with Gasteiger partial charge in [-0.1, -0.05) is 45.0 Å². The summed E-state index contributed by atoms with van der Waals surface area (Å²) in [5.74, 6) is 0.442. The van der Waals surface area contributed by atoms with Crippen LogP contribution in [-0.2, 0) is 16.7 Å². The lowest BCUT2D eigenvalue weighted by Gasteiger charge is -2.19. The third-order valence-electron chi connectivity index (χ3n) is 3.61. The van der Waals surface area contributed by atoms with Gasteiger partial charge < -0.3 is 9.30 Å². The molecule has 112 valence electrons. The molecular formula is C17H22N2O2. The van der Waals surface area contributed by atoms with Crippen LogP contribution in [0.2, 0.25) is 0 Å². The third-order valence-corrected chi connectivity index (χ3v) is 3.61. The SMILES string of the molecule is COC(=O)c1cnc(C)n1Cc1ccc(C(C)(C)C)cc1. The topological polar surface area (TPSA) is 44.1 Å². The molecule has 1 aromatic carbocycles. The number of hydrogen-bond donors (Lipinski definition) is 0. The predicted molar refractivity (Wildman–Crippen MR) is 82.5 cm³/mol. The number of hydrogen-bond acceptors (Lipinski definition) is 3. The Morgan fingerprint density at radius 3 is 2.38 bits per heavy atom. The van der Waals surface area contributed by atoms with Crippen LogP contribution in [0.4, 0.5) is 0 Å². The highest BCUT2D eigenvalue weighted by Crippen LogP contribution is 2.22. The van der Waals surface area contributed by atoms with Gasteiger partial charge in [-0.2, -0.15) is 0 Å². The Labute approximate surface area is 125 Å². The average Bonchev–Trinajstić information content (AvgIpc) is 2.79. The van der Waals surface area contributed by atoms with Crippen molar-refractivity contribution in [2.24, 2.45) is 0 Å². The fourth-order valence-corrected chi connectivity index (χ4v) is 2.23. The Kier molecular flexibility index (Phi) is 4.16. The van der Waals surface area contributed by atoms with E-state index in [0.717, 1.165) is 11.4 Å². The number of aromatic nitrogens is 2. The highest BCUT2D eigenvalue weighted by atomic mass is 16.5. The molecule has 0 aliphatic rings. The number of imidazole rings is 1. The van der Waals surface area contributed by atoms with Crippen molar-refractivity contribution < 1.29 is 9.53 Å². The van der Waals surface area contributed by atoms with Crippen molar-refractivity contribution in [2.75, 3.05) is 7.11 Å². The molecule has 0 saturated carbocycles. The molecule has 0 spiro atoms. The first-order valence-corrected chi connectivity index (χ1v) is 7.03. The second-order valence-corrected chi connectivity index (χ2v) is 6.22. The number of aryl methyl sites for hydroxylation is 1. The summed E-state index contributed by atoms with van der Waals surface area (Å²) in [5, 5.41) is 0. The molecule has 0 aliphatic carbocycles. The molecule has 2 rings (SSSR count). The van der Waals surface area contributed by atoms with Crippen LogP contribution in [0.3, 0.4) is 0 Å². The van der Waals surface area contributed by atoms with E-state index in [2.05, 4.69) is 50.0 Å². The first-order chi connectivity index (χ1) is 9.82. The Balaban J connectivity index is 2.27. The Morgan fingerprint density at radius 1 is 1.24 bits per heavy atom. The van der Waals surface area contributed by atoms with E-state index >= 15 is 0 Å². The zero-order valence-corrected chi connectivity index (χ0v) is 13.3. The largest absolute Gasteiger partial charge is 0.464 e. The maximum atomic E-state index is 11.7. The number of carbonyl (C=O) groups is 1. The number of ether oxygens (including phenoxy) is 1. The van der Waals surface area contributed by atoms with Gasteiger partial charge >= 0.3 is 5.97 Å². The van der Waals surface area contributed by atoms with Crippen molar-refractivity contribution >= 4 is 5.97 Å². The van der Waals surface area contributed by atoms with Gasteiger partial charge in [-0.25, -0.2) is 9.78 Å². The minimum absolute atomic E-state index is 0.140. The standard InChI is InChI=1S/C17H22N2O2/c1-12-18-10-15(16(20)21-5)19(12)11-13-6-8-14(9-7-13)17(2,3)4/h6-10H,11H2,1-5H3. The van der Waals surface area contributed by atoms with E-state index in [1.165, 1.54) is 12.7 Å². The zero-order valence-electron chi connectivity index (χ0n) is 13.3. The summed E-state index contributed by atoms with van der Waals surface area (Å²) in [4.78, 5) is 15.9. The molecule has 0 radical (unpaired) electrons. The summed E-state index contributed by atoms with van der Waals surface area (Å²) in [6.07, 6.45) is 1.56. The molecule has 0 amide bonds. The van der Waals surface area contributed by atoms with Crippen LogP contribution in [0.15, 0.2) is 30.5 Å². The summed E-state index contributed by atoms with van der Waals surface area (Å²) in [6, 6.07) is 8.47. The Morgan fingerprint density at radius 2 is 1.86 bits per heavy atom. The van der Waals surface area contributed by atoms with Crippen molar-refractivity contribution in [1.82, 2.24) is 9.55 Å². The molecule has 4 nitrogen and oxygen atoms in total. The van der Waals surface area contributed by atoms with Gasteiger partial charge in [-0.05, 0) is 23.5 Å².